The summed E-state index contributed by atoms with van der Waals surface area (Å²) in [5.41, 5.74) is -4.70. The molecule has 0 saturated heterocycles. The number of likely N-dealkylation sites (N-methyl/N-ethyl adjacent to an activating group) is 1. The van der Waals surface area contributed by atoms with Gasteiger partial charge in [-0.1, -0.05) is 5.92 Å². The molecular weight excluding hydrogens is 311 g/mol. The zero-order chi connectivity index (χ0) is 15.8. The number of halogens is 3. The molecule has 1 aromatic heterocycles. The molecule has 2 heterocycles. The number of terminal acetylenes is 1. The van der Waals surface area contributed by atoms with Crippen LogP contribution in [0.4, 0.5) is 13.2 Å². The second-order valence-corrected chi connectivity index (χ2v) is 6.10. The van der Waals surface area contributed by atoms with E-state index in [-0.39, 0.29) is 13.1 Å². The van der Waals surface area contributed by atoms with Crippen LogP contribution < -0.4 is 4.18 Å². The van der Waals surface area contributed by atoms with Crippen molar-refractivity contribution in [3.63, 3.8) is 0 Å². The molecule has 0 aromatic carbocycles. The summed E-state index contributed by atoms with van der Waals surface area (Å²) in [7, 11) is -4.01. The topological polar surface area (TPSA) is 64.4 Å². The molecule has 0 N–H and O–H groups in total. The van der Waals surface area contributed by atoms with E-state index in [0.717, 1.165) is 4.68 Å². The highest BCUT2D eigenvalue weighted by Gasteiger charge is 2.49. The number of hydrogen-bond acceptors (Lipinski definition) is 5. The number of aromatic nitrogens is 2. The first kappa shape index (κ1) is 15.7. The summed E-state index contributed by atoms with van der Waals surface area (Å²) in [6.45, 7) is 0.716. The van der Waals surface area contributed by atoms with E-state index in [9.17, 15) is 21.6 Å². The highest BCUT2D eigenvalue weighted by Crippen LogP contribution is 2.32. The van der Waals surface area contributed by atoms with Crippen molar-refractivity contribution >= 4 is 10.1 Å². The molecule has 116 valence electrons. The first-order chi connectivity index (χ1) is 9.65. The van der Waals surface area contributed by atoms with Crippen LogP contribution in [-0.4, -0.2) is 42.2 Å². The van der Waals surface area contributed by atoms with E-state index in [2.05, 4.69) is 15.2 Å². The van der Waals surface area contributed by atoms with Crippen LogP contribution in [-0.2, 0) is 29.6 Å². The smallest absolute Gasteiger partial charge is 0.355 e. The molecule has 0 unspecified atom stereocenters. The lowest BCUT2D eigenvalue weighted by Gasteiger charge is -2.21. The molecule has 1 aliphatic heterocycles. The minimum atomic E-state index is -5.76. The van der Waals surface area contributed by atoms with Gasteiger partial charge in [0.15, 0.2) is 0 Å². The first-order valence-corrected chi connectivity index (χ1v) is 7.28. The number of fused-ring (bicyclic) bond motifs is 1. The van der Waals surface area contributed by atoms with Gasteiger partial charge in [0, 0.05) is 19.5 Å². The van der Waals surface area contributed by atoms with Gasteiger partial charge in [-0.25, -0.2) is 4.68 Å². The van der Waals surface area contributed by atoms with Gasteiger partial charge in [-0.2, -0.15) is 26.7 Å². The maximum absolute atomic E-state index is 12.5. The predicted molar refractivity (Wildman–Crippen MR) is 66.7 cm³/mol. The van der Waals surface area contributed by atoms with Crippen molar-refractivity contribution in [2.45, 2.75) is 25.0 Å². The van der Waals surface area contributed by atoms with Crippen molar-refractivity contribution in [1.29, 1.82) is 0 Å². The van der Waals surface area contributed by atoms with E-state index in [1.54, 1.807) is 7.05 Å². The van der Waals surface area contributed by atoms with Gasteiger partial charge < -0.3 is 9.08 Å². The molecule has 1 aromatic rings. The van der Waals surface area contributed by atoms with Crippen molar-refractivity contribution < 1.29 is 25.8 Å². The molecule has 0 spiro atoms. The number of alkyl halides is 3. The predicted octanol–water partition coefficient (Wildman–Crippen LogP) is 0.733. The van der Waals surface area contributed by atoms with E-state index < -0.39 is 21.5 Å². The van der Waals surface area contributed by atoms with Crippen LogP contribution in [0.1, 0.15) is 11.3 Å². The Balaban J connectivity index is 2.47. The van der Waals surface area contributed by atoms with Crippen LogP contribution in [0, 0.1) is 12.3 Å². The van der Waals surface area contributed by atoms with Gasteiger partial charge in [0.25, 0.3) is 0 Å². The molecule has 0 fully saturated rings. The van der Waals surface area contributed by atoms with E-state index in [4.69, 9.17) is 6.42 Å². The van der Waals surface area contributed by atoms with Crippen molar-refractivity contribution in [3.8, 4) is 18.2 Å². The van der Waals surface area contributed by atoms with Crippen molar-refractivity contribution in [1.82, 2.24) is 14.7 Å². The van der Waals surface area contributed by atoms with Crippen LogP contribution in [0.25, 0.3) is 0 Å². The molecule has 0 amide bonds. The van der Waals surface area contributed by atoms with Crippen LogP contribution in [0.3, 0.4) is 0 Å². The molecule has 2 rings (SSSR count). The lowest BCUT2D eigenvalue weighted by molar-refractivity contribution is -0.0502. The fourth-order valence-corrected chi connectivity index (χ4v) is 2.46. The monoisotopic (exact) mass is 323 g/mol. The summed E-state index contributed by atoms with van der Waals surface area (Å²) < 4.78 is 65.0. The molecular formula is C11H12F3N3O3S. The minimum absolute atomic E-state index is 0.181. The molecule has 0 aliphatic carbocycles. The standard InChI is InChI=1S/C11H12F3N3O3S/c1-3-5-17-10(20-21(18,19)11(12,13)14)8-7-16(2)6-4-9(8)15-17/h1H,4-7H2,2H3. The lowest BCUT2D eigenvalue weighted by Crippen LogP contribution is -2.30. The molecule has 0 atom stereocenters. The second-order valence-electron chi connectivity index (χ2n) is 4.56. The largest absolute Gasteiger partial charge is 0.534 e. The average Bonchev–Trinajstić information content (AvgIpc) is 2.66. The summed E-state index contributed by atoms with van der Waals surface area (Å²) in [6.07, 6.45) is 5.59. The van der Waals surface area contributed by atoms with Crippen LogP contribution in [0.2, 0.25) is 0 Å². The molecule has 1 aliphatic rings. The number of hydrogen-bond donors (Lipinski definition) is 0. The fraction of sp³-hybridized carbons (Fsp3) is 0.545. The van der Waals surface area contributed by atoms with Gasteiger partial charge in [-0.05, 0) is 7.05 Å². The third kappa shape index (κ3) is 2.98. The number of rotatable bonds is 3. The molecule has 6 nitrogen and oxygen atoms in total. The summed E-state index contributed by atoms with van der Waals surface area (Å²) >= 11 is 0. The molecule has 0 radical (unpaired) electrons. The summed E-state index contributed by atoms with van der Waals surface area (Å²) in [5, 5.41) is 4.03. The number of nitrogens with zero attached hydrogens (tertiary/aromatic N) is 3. The quantitative estimate of drug-likeness (QED) is 0.466. The van der Waals surface area contributed by atoms with Crippen molar-refractivity contribution in [2.24, 2.45) is 0 Å². The zero-order valence-electron chi connectivity index (χ0n) is 11.0. The van der Waals surface area contributed by atoms with Gasteiger partial charge in [-0.3, -0.25) is 0 Å². The van der Waals surface area contributed by atoms with Gasteiger partial charge in [0.1, 0.15) is 6.54 Å². The lowest BCUT2D eigenvalue weighted by atomic mass is 10.1. The van der Waals surface area contributed by atoms with Crippen molar-refractivity contribution in [3.05, 3.63) is 11.3 Å². The molecule has 0 saturated carbocycles. The highest BCUT2D eigenvalue weighted by atomic mass is 32.2. The zero-order valence-corrected chi connectivity index (χ0v) is 11.8. The van der Waals surface area contributed by atoms with Gasteiger partial charge >= 0.3 is 15.6 Å². The maximum atomic E-state index is 12.5. The second kappa shape index (κ2) is 5.23. The van der Waals surface area contributed by atoms with E-state index >= 15 is 0 Å². The van der Waals surface area contributed by atoms with E-state index in [0.29, 0.717) is 24.2 Å². The Morgan fingerprint density at radius 1 is 1.48 bits per heavy atom. The highest BCUT2D eigenvalue weighted by molar-refractivity contribution is 7.87. The van der Waals surface area contributed by atoms with Gasteiger partial charge in [0.05, 0.1) is 11.3 Å². The summed E-state index contributed by atoms with van der Waals surface area (Å²) in [5.74, 6) is 1.73. The normalized spacial score (nSPS) is 16.3. The fourth-order valence-electron chi connectivity index (χ4n) is 1.97. The Bertz CT molecular complexity index is 688. The minimum Gasteiger partial charge on any atom is -0.355 e. The molecule has 0 bridgehead atoms. The van der Waals surface area contributed by atoms with Gasteiger partial charge in [0.2, 0.25) is 5.88 Å². The Morgan fingerprint density at radius 2 is 2.14 bits per heavy atom. The van der Waals surface area contributed by atoms with Crippen LogP contribution >= 0.6 is 0 Å². The maximum Gasteiger partial charge on any atom is 0.534 e. The third-order valence-corrected chi connectivity index (χ3v) is 3.90. The Kier molecular flexibility index (Phi) is 3.90. The van der Waals surface area contributed by atoms with Crippen molar-refractivity contribution in [2.75, 3.05) is 13.6 Å². The Labute approximate surface area is 119 Å². The Hall–Kier alpha value is -1.73. The van der Waals surface area contributed by atoms with Crippen LogP contribution in [0.15, 0.2) is 0 Å². The Morgan fingerprint density at radius 3 is 2.71 bits per heavy atom. The first-order valence-electron chi connectivity index (χ1n) is 5.87. The summed E-state index contributed by atoms with van der Waals surface area (Å²) in [4.78, 5) is 1.82. The van der Waals surface area contributed by atoms with E-state index in [1.807, 2.05) is 4.90 Å². The SMILES string of the molecule is C#CCn1nc2c(c1OS(=O)(=O)C(F)(F)F)CN(C)CC2. The van der Waals surface area contributed by atoms with Crippen LogP contribution in [0.5, 0.6) is 5.88 Å². The van der Waals surface area contributed by atoms with E-state index in [1.165, 1.54) is 0 Å². The average molecular weight is 323 g/mol. The third-order valence-electron chi connectivity index (χ3n) is 2.95. The molecule has 21 heavy (non-hydrogen) atoms. The van der Waals surface area contributed by atoms with Gasteiger partial charge in [-0.15, -0.1) is 6.42 Å². The molecule has 10 heteroatoms. The summed E-state index contributed by atoms with van der Waals surface area (Å²) in [6, 6.07) is 0.